The first-order chi connectivity index (χ1) is 12.9. The molecule has 0 radical (unpaired) electrons. The number of halogens is 1. The molecule has 0 spiro atoms. The van der Waals surface area contributed by atoms with Gasteiger partial charge in [0, 0.05) is 24.2 Å². The minimum absolute atomic E-state index is 0.117. The van der Waals surface area contributed by atoms with E-state index in [0.717, 1.165) is 0 Å². The number of amides is 1. The van der Waals surface area contributed by atoms with Crippen molar-refractivity contribution in [3.8, 4) is 0 Å². The summed E-state index contributed by atoms with van der Waals surface area (Å²) in [6.07, 6.45) is 1.72. The van der Waals surface area contributed by atoms with Gasteiger partial charge in [0.2, 0.25) is 15.7 Å². The summed E-state index contributed by atoms with van der Waals surface area (Å²) in [6.45, 7) is 0.203. The Morgan fingerprint density at radius 2 is 1.89 bits per heavy atom. The smallest absolute Gasteiger partial charge is 0.335 e. The van der Waals surface area contributed by atoms with Crippen LogP contribution in [0, 0.1) is 0 Å². The lowest BCUT2D eigenvalue weighted by molar-refractivity contribution is 0.0948. The molecule has 0 unspecified atom stereocenters. The molecule has 1 N–H and O–H groups in total. The molecule has 0 saturated heterocycles. The summed E-state index contributed by atoms with van der Waals surface area (Å²) in [5.41, 5.74) is 0.844. The van der Waals surface area contributed by atoms with Crippen LogP contribution in [0.25, 0.3) is 0 Å². The lowest BCUT2D eigenvalue weighted by Crippen LogP contribution is -2.26. The Morgan fingerprint density at radius 3 is 2.59 bits per heavy atom. The van der Waals surface area contributed by atoms with Gasteiger partial charge in [-0.05, 0) is 29.8 Å². The SMILES string of the molecule is O=C(NCCc1nnc(S(=O)(=O)Cc2ccc(Cl)cc2)o1)c1ccccn1. The zero-order valence-corrected chi connectivity index (χ0v) is 15.6. The van der Waals surface area contributed by atoms with Gasteiger partial charge >= 0.3 is 5.22 Å². The summed E-state index contributed by atoms with van der Waals surface area (Å²) >= 11 is 5.79. The van der Waals surface area contributed by atoms with E-state index in [1.54, 1.807) is 42.5 Å². The number of rotatable bonds is 7. The molecule has 0 aliphatic rings. The summed E-state index contributed by atoms with van der Waals surface area (Å²) in [5.74, 6) is -0.501. The normalized spacial score (nSPS) is 11.3. The van der Waals surface area contributed by atoms with E-state index in [9.17, 15) is 13.2 Å². The van der Waals surface area contributed by atoms with E-state index >= 15 is 0 Å². The molecule has 0 aliphatic carbocycles. The predicted octanol–water partition coefficient (Wildman–Crippen LogP) is 2.06. The molecule has 0 fully saturated rings. The Kier molecular flexibility index (Phi) is 5.82. The minimum atomic E-state index is -3.77. The van der Waals surface area contributed by atoms with Crippen LogP contribution >= 0.6 is 11.6 Å². The van der Waals surface area contributed by atoms with Crippen LogP contribution in [0.4, 0.5) is 0 Å². The predicted molar refractivity (Wildman–Crippen MR) is 96.9 cm³/mol. The second-order valence-electron chi connectivity index (χ2n) is 5.57. The number of hydrogen-bond donors (Lipinski definition) is 1. The van der Waals surface area contributed by atoms with E-state index in [2.05, 4.69) is 20.5 Å². The van der Waals surface area contributed by atoms with Crippen LogP contribution in [-0.4, -0.2) is 36.1 Å². The minimum Gasteiger partial charge on any atom is -0.412 e. The van der Waals surface area contributed by atoms with Crippen molar-refractivity contribution in [3.63, 3.8) is 0 Å². The molecule has 27 heavy (non-hydrogen) atoms. The molecule has 0 bridgehead atoms. The highest BCUT2D eigenvalue weighted by atomic mass is 35.5. The second kappa shape index (κ2) is 8.28. The first kappa shape index (κ1) is 19.0. The highest BCUT2D eigenvalue weighted by Crippen LogP contribution is 2.17. The van der Waals surface area contributed by atoms with Gasteiger partial charge in [0.15, 0.2) is 0 Å². The Morgan fingerprint density at radius 1 is 1.11 bits per heavy atom. The summed E-state index contributed by atoms with van der Waals surface area (Å²) < 4.78 is 29.9. The standard InChI is InChI=1S/C17H15ClN4O4S/c18-13-6-4-12(5-7-13)11-27(24,25)17-22-21-15(26-17)8-10-20-16(23)14-3-1-2-9-19-14/h1-7,9H,8,10-11H2,(H,20,23). The lowest BCUT2D eigenvalue weighted by Gasteiger charge is -2.02. The van der Waals surface area contributed by atoms with Crippen LogP contribution in [-0.2, 0) is 22.0 Å². The topological polar surface area (TPSA) is 115 Å². The van der Waals surface area contributed by atoms with Crippen molar-refractivity contribution in [3.05, 3.63) is 70.8 Å². The monoisotopic (exact) mass is 406 g/mol. The molecule has 8 nitrogen and oxygen atoms in total. The molecule has 140 valence electrons. The Labute approximate surface area is 160 Å². The number of carbonyl (C=O) groups excluding carboxylic acids is 1. The third-order valence-corrected chi connectivity index (χ3v) is 5.17. The third kappa shape index (κ3) is 5.11. The Balaban J connectivity index is 1.57. The van der Waals surface area contributed by atoms with Gasteiger partial charge in [-0.3, -0.25) is 9.78 Å². The zero-order valence-electron chi connectivity index (χ0n) is 14.0. The van der Waals surface area contributed by atoms with Crippen molar-refractivity contribution in [1.29, 1.82) is 0 Å². The van der Waals surface area contributed by atoms with Crippen molar-refractivity contribution < 1.29 is 17.6 Å². The fraction of sp³-hybridized carbons (Fsp3) is 0.176. The largest absolute Gasteiger partial charge is 0.412 e. The Bertz CT molecular complexity index is 1020. The van der Waals surface area contributed by atoms with Crippen LogP contribution in [0.1, 0.15) is 21.9 Å². The van der Waals surface area contributed by atoms with Crippen molar-refractivity contribution in [2.45, 2.75) is 17.4 Å². The molecule has 3 aromatic rings. The van der Waals surface area contributed by atoms with E-state index in [4.69, 9.17) is 16.0 Å². The van der Waals surface area contributed by atoms with Gasteiger partial charge in [-0.1, -0.05) is 34.9 Å². The van der Waals surface area contributed by atoms with Crippen LogP contribution < -0.4 is 5.32 Å². The maximum absolute atomic E-state index is 12.4. The number of benzene rings is 1. The first-order valence-corrected chi connectivity index (χ1v) is 9.96. The zero-order chi connectivity index (χ0) is 19.3. The van der Waals surface area contributed by atoms with E-state index in [1.807, 2.05) is 0 Å². The molecule has 10 heteroatoms. The fourth-order valence-electron chi connectivity index (χ4n) is 2.20. The summed E-state index contributed by atoms with van der Waals surface area (Å²) in [5, 5.41) is 10.0. The highest BCUT2D eigenvalue weighted by Gasteiger charge is 2.23. The van der Waals surface area contributed by atoms with Gasteiger partial charge in [-0.2, -0.15) is 0 Å². The maximum Gasteiger partial charge on any atom is 0.335 e. The first-order valence-electron chi connectivity index (χ1n) is 7.93. The fourth-order valence-corrected chi connectivity index (χ4v) is 3.47. The van der Waals surface area contributed by atoms with Gasteiger partial charge in [0.05, 0.1) is 5.75 Å². The van der Waals surface area contributed by atoms with E-state index < -0.39 is 15.1 Å². The molecular weight excluding hydrogens is 392 g/mol. The number of carbonyl (C=O) groups is 1. The number of nitrogens with zero attached hydrogens (tertiary/aromatic N) is 3. The van der Waals surface area contributed by atoms with Gasteiger partial charge in [-0.15, -0.1) is 5.10 Å². The third-order valence-electron chi connectivity index (χ3n) is 3.51. The number of aromatic nitrogens is 3. The molecule has 0 saturated carbocycles. The van der Waals surface area contributed by atoms with E-state index in [0.29, 0.717) is 10.6 Å². The molecule has 2 heterocycles. The average Bonchev–Trinajstić information content (AvgIpc) is 3.14. The van der Waals surface area contributed by atoms with E-state index in [1.165, 1.54) is 6.20 Å². The molecular formula is C17H15ClN4O4S. The van der Waals surface area contributed by atoms with Crippen molar-refractivity contribution in [1.82, 2.24) is 20.5 Å². The number of sulfone groups is 1. The molecule has 2 aromatic heterocycles. The summed E-state index contributed by atoms with van der Waals surface area (Å²) in [7, 11) is -3.77. The van der Waals surface area contributed by atoms with Gasteiger partial charge < -0.3 is 9.73 Å². The van der Waals surface area contributed by atoms with Crippen LogP contribution in [0.3, 0.4) is 0 Å². The van der Waals surface area contributed by atoms with Crippen molar-refractivity contribution >= 4 is 27.3 Å². The Hall–Kier alpha value is -2.78. The van der Waals surface area contributed by atoms with Gasteiger partial charge in [0.1, 0.15) is 5.69 Å². The molecule has 0 aliphatic heterocycles. The van der Waals surface area contributed by atoms with Gasteiger partial charge in [-0.25, -0.2) is 8.42 Å². The molecule has 1 amide bonds. The molecule has 3 rings (SSSR count). The number of hydrogen-bond acceptors (Lipinski definition) is 7. The maximum atomic E-state index is 12.4. The van der Waals surface area contributed by atoms with Crippen molar-refractivity contribution in [2.24, 2.45) is 0 Å². The summed E-state index contributed by atoms with van der Waals surface area (Å²) in [6, 6.07) is 11.4. The highest BCUT2D eigenvalue weighted by molar-refractivity contribution is 7.90. The average molecular weight is 407 g/mol. The van der Waals surface area contributed by atoms with Crippen LogP contribution in [0.5, 0.6) is 0 Å². The van der Waals surface area contributed by atoms with Crippen LogP contribution in [0.2, 0.25) is 5.02 Å². The lowest BCUT2D eigenvalue weighted by atomic mass is 10.2. The number of pyridine rings is 1. The summed E-state index contributed by atoms with van der Waals surface area (Å²) in [4.78, 5) is 15.8. The molecule has 1 aromatic carbocycles. The van der Waals surface area contributed by atoms with Crippen LogP contribution in [0.15, 0.2) is 58.3 Å². The molecule has 0 atom stereocenters. The quantitative estimate of drug-likeness (QED) is 0.638. The van der Waals surface area contributed by atoms with Crippen molar-refractivity contribution in [2.75, 3.05) is 6.54 Å². The van der Waals surface area contributed by atoms with E-state index in [-0.39, 0.29) is 36.2 Å². The van der Waals surface area contributed by atoms with Gasteiger partial charge in [0.25, 0.3) is 5.91 Å². The second-order valence-corrected chi connectivity index (χ2v) is 7.87. The number of nitrogens with one attached hydrogen (secondary N) is 1.